The monoisotopic (exact) mass is 496 g/mol. The van der Waals surface area contributed by atoms with E-state index in [2.05, 4.69) is 24.1 Å². The Morgan fingerprint density at radius 1 is 0.621 bits per heavy atom. The second kappa shape index (κ2) is 19.4. The molecule has 0 rings (SSSR count). The predicted molar refractivity (Wildman–Crippen MR) is 127 cm³/mol. The molecule has 0 spiro atoms. The van der Waals surface area contributed by atoms with Crippen molar-refractivity contribution in [3.05, 3.63) is 0 Å². The molecule has 0 aliphatic carbocycles. The van der Waals surface area contributed by atoms with E-state index >= 15 is 0 Å². The van der Waals surface area contributed by atoms with Crippen molar-refractivity contribution in [1.29, 1.82) is 0 Å². The molecule has 1 unspecified atom stereocenters. The van der Waals surface area contributed by atoms with Crippen LogP contribution in [0.1, 0.15) is 110 Å². The number of phosphoric ester groups is 1. The fourth-order valence-electron chi connectivity index (χ4n) is 3.29. The van der Waals surface area contributed by atoms with Crippen LogP contribution in [-0.4, -0.2) is 26.8 Å². The van der Waals surface area contributed by atoms with Gasteiger partial charge in [0.05, 0.1) is 0 Å². The van der Waals surface area contributed by atoms with Crippen molar-refractivity contribution in [3.8, 4) is 0 Å². The molecule has 1 radical (unpaired) electrons. The summed E-state index contributed by atoms with van der Waals surface area (Å²) in [7, 11) is -4.09. The van der Waals surface area contributed by atoms with Crippen molar-refractivity contribution in [2.24, 2.45) is 0 Å². The topological polar surface area (TPSA) is 58.6 Å². The van der Waals surface area contributed by atoms with Crippen molar-refractivity contribution in [2.45, 2.75) is 132 Å². The maximum absolute atomic E-state index is 11.7. The van der Waals surface area contributed by atoms with Crippen LogP contribution in [0.2, 0.25) is 22.3 Å². The quantitative estimate of drug-likeness (QED) is 0.0863. The molecule has 0 aromatic carbocycles. The van der Waals surface area contributed by atoms with E-state index in [4.69, 9.17) is 9.05 Å². The van der Waals surface area contributed by atoms with Crippen LogP contribution in [0.5, 0.6) is 0 Å². The summed E-state index contributed by atoms with van der Waals surface area (Å²) in [5.74, 6) is 0. The number of unbranched alkanes of at least 4 members (excludes halogenated alkanes) is 15. The maximum atomic E-state index is 11.7. The van der Waals surface area contributed by atoms with Crippen LogP contribution in [-0.2, 0) is 13.6 Å². The molecular formula is C23H50AsO4P-. The first-order valence-corrected chi connectivity index (χ1v) is 20.6. The first kappa shape index (κ1) is 29.7. The number of hydrogen-bond donors (Lipinski definition) is 0. The average Bonchev–Trinajstić information content (AvgIpc) is 2.63. The van der Waals surface area contributed by atoms with Crippen molar-refractivity contribution >= 4 is 21.4 Å². The summed E-state index contributed by atoms with van der Waals surface area (Å²) in [5.41, 5.74) is 6.69. The molecule has 0 bridgehead atoms. The molecule has 0 aliphatic rings. The van der Waals surface area contributed by atoms with Crippen LogP contribution in [0.3, 0.4) is 0 Å². The summed E-state index contributed by atoms with van der Waals surface area (Å²) < 4.78 is 21.6. The molecule has 0 heterocycles. The molecule has 0 aliphatic heterocycles. The number of rotatable bonds is 22. The molecule has 0 aromatic rings. The molecule has 0 fully saturated rings. The van der Waals surface area contributed by atoms with Gasteiger partial charge in [-0.25, -0.2) is 0 Å². The first-order valence-electron chi connectivity index (χ1n) is 12.2. The Bertz CT molecular complexity index is 399. The zero-order chi connectivity index (χ0) is 21.8. The summed E-state index contributed by atoms with van der Waals surface area (Å²) in [5, 5.41) is 0.868. The van der Waals surface area contributed by atoms with Gasteiger partial charge in [0.2, 0.25) is 0 Å². The van der Waals surface area contributed by atoms with Crippen molar-refractivity contribution in [2.75, 3.05) is 13.2 Å². The Kier molecular flexibility index (Phi) is 19.8. The molecule has 0 aromatic heterocycles. The van der Waals surface area contributed by atoms with Crippen LogP contribution in [0.15, 0.2) is 0 Å². The molecule has 1 atom stereocenters. The Morgan fingerprint density at radius 2 is 0.966 bits per heavy atom. The normalized spacial score (nSPS) is 14.2. The molecule has 0 N–H and O–H groups in total. The van der Waals surface area contributed by atoms with E-state index in [0.717, 1.165) is 18.1 Å². The van der Waals surface area contributed by atoms with Gasteiger partial charge in [-0.15, -0.1) is 0 Å². The van der Waals surface area contributed by atoms with Gasteiger partial charge in [-0.1, -0.05) is 71.1 Å². The minimum absolute atomic E-state index is 0.259. The van der Waals surface area contributed by atoms with Crippen LogP contribution in [0.4, 0.5) is 0 Å². The first-order chi connectivity index (χ1) is 13.8. The standard InChI is InChI=1S/C23H51AsO4P/c1-5-6-7-8-9-10-11-12-13-14-15-16-17-18-19-20-22-27-29(25,26)28-23-21-24(2,3)4/h5-23H2,1-4H3,(H,25,26)/p-1. The molecule has 0 amide bonds. The SMILES string of the molecule is CCCCCCCCCCCCCCCCCCOP(=O)([O-])OCC[As](C)(C)C. The van der Waals surface area contributed by atoms with E-state index < -0.39 is 21.4 Å². The van der Waals surface area contributed by atoms with Crippen LogP contribution in [0, 0.1) is 0 Å². The number of phosphoric acid groups is 1. The summed E-state index contributed by atoms with van der Waals surface area (Å²) in [6.45, 7) is 2.81. The van der Waals surface area contributed by atoms with E-state index in [1.54, 1.807) is 0 Å². The average molecular weight is 497 g/mol. The molecule has 0 saturated heterocycles. The Morgan fingerprint density at radius 3 is 1.34 bits per heavy atom. The van der Waals surface area contributed by atoms with Crippen molar-refractivity contribution in [1.82, 2.24) is 0 Å². The van der Waals surface area contributed by atoms with Crippen molar-refractivity contribution < 1.29 is 18.5 Å². The molecule has 4 nitrogen and oxygen atoms in total. The third kappa shape index (κ3) is 24.8. The zero-order valence-electron chi connectivity index (χ0n) is 20.0. The Labute approximate surface area is 185 Å². The van der Waals surface area contributed by atoms with E-state index in [1.165, 1.54) is 89.9 Å². The van der Waals surface area contributed by atoms with Gasteiger partial charge < -0.3 is 0 Å². The Hall–Kier alpha value is 0.668. The van der Waals surface area contributed by atoms with E-state index in [9.17, 15) is 9.46 Å². The van der Waals surface area contributed by atoms with E-state index in [-0.39, 0.29) is 13.2 Å². The van der Waals surface area contributed by atoms with Crippen molar-refractivity contribution in [3.63, 3.8) is 0 Å². The van der Waals surface area contributed by atoms with Gasteiger partial charge in [-0.05, 0) is 0 Å². The van der Waals surface area contributed by atoms with Gasteiger partial charge in [-0.2, -0.15) is 0 Å². The molecule has 29 heavy (non-hydrogen) atoms. The van der Waals surface area contributed by atoms with Gasteiger partial charge in [0.1, 0.15) is 0 Å². The van der Waals surface area contributed by atoms with Crippen LogP contribution in [0.25, 0.3) is 0 Å². The minimum atomic E-state index is -4.09. The summed E-state index contributed by atoms with van der Waals surface area (Å²) >= 11 is -1.59. The molecule has 6 heteroatoms. The third-order valence-electron chi connectivity index (χ3n) is 5.26. The van der Waals surface area contributed by atoms with Gasteiger partial charge in [0, 0.05) is 0 Å². The third-order valence-corrected chi connectivity index (χ3v) is 9.45. The second-order valence-corrected chi connectivity index (χ2v) is 21.4. The fraction of sp³-hybridized carbons (Fsp3) is 1.00. The van der Waals surface area contributed by atoms with Gasteiger partial charge in [-0.3, -0.25) is 0 Å². The Balaban J connectivity index is 3.28. The zero-order valence-corrected chi connectivity index (χ0v) is 22.7. The van der Waals surface area contributed by atoms with E-state index in [1.807, 2.05) is 0 Å². The second-order valence-electron chi connectivity index (χ2n) is 9.43. The summed E-state index contributed by atoms with van der Waals surface area (Å²) in [4.78, 5) is 11.7. The molecule has 177 valence electrons. The van der Waals surface area contributed by atoms with Gasteiger partial charge >= 0.3 is 114 Å². The fourth-order valence-corrected chi connectivity index (χ4v) is 5.69. The van der Waals surface area contributed by atoms with E-state index in [0.29, 0.717) is 0 Å². The summed E-state index contributed by atoms with van der Waals surface area (Å²) in [6, 6.07) is 0. The van der Waals surface area contributed by atoms with Crippen LogP contribution < -0.4 is 4.89 Å². The van der Waals surface area contributed by atoms with Gasteiger partial charge in [0.15, 0.2) is 0 Å². The predicted octanol–water partition coefficient (Wildman–Crippen LogP) is 8.09. The van der Waals surface area contributed by atoms with Gasteiger partial charge in [0.25, 0.3) is 0 Å². The van der Waals surface area contributed by atoms with Crippen LogP contribution >= 0.6 is 7.82 Å². The molecular weight excluding hydrogens is 446 g/mol. The molecule has 0 saturated carbocycles. The summed E-state index contributed by atoms with van der Waals surface area (Å²) in [6.07, 6.45) is 20.9. The number of hydrogen-bond acceptors (Lipinski definition) is 4.